The Morgan fingerprint density at radius 2 is 1.89 bits per heavy atom. The molecule has 1 aliphatic carbocycles. The summed E-state index contributed by atoms with van der Waals surface area (Å²) in [6.07, 6.45) is -2.47. The molecule has 14 heteroatoms. The van der Waals surface area contributed by atoms with Crippen LogP contribution in [0, 0.1) is 11.7 Å². The predicted molar refractivity (Wildman–Crippen MR) is 134 cm³/mol. The standard InChI is InChI=1S/C24H38FN2O10P/c1-5-14-18(28)17(26-3)20-21(19(14)29)35-22-24(31,36-20)23(30,9-12(2)34-22)11-27-10-13-6-7-15(25)16(8-13)37-38(4,32)33/h6-8,12,14,17-22,26-33H,4-5,9-11H2,1-3H3/t12-,14-,17+,18+,19+,20-,21-,22+,23-,24-/m1/s1. The van der Waals surface area contributed by atoms with Gasteiger partial charge in [0, 0.05) is 25.4 Å². The smallest absolute Gasteiger partial charge is 0.297 e. The number of fused-ring (bicyclic) bond motifs is 2. The number of likely N-dealkylation sites (N-methyl/N-ethyl adjacent to an activating group) is 1. The Hall–Kier alpha value is -1.19. The van der Waals surface area contributed by atoms with Crippen LogP contribution in [0.1, 0.15) is 32.3 Å². The van der Waals surface area contributed by atoms with Gasteiger partial charge in [0.05, 0.1) is 24.4 Å². The minimum atomic E-state index is -3.98. The van der Waals surface area contributed by atoms with Crippen LogP contribution >= 0.6 is 7.57 Å². The van der Waals surface area contributed by atoms with Crippen LogP contribution in [-0.2, 0) is 20.8 Å². The first kappa shape index (κ1) is 29.8. The Kier molecular flexibility index (Phi) is 8.62. The van der Waals surface area contributed by atoms with Gasteiger partial charge in [0.25, 0.3) is 7.57 Å². The van der Waals surface area contributed by atoms with Gasteiger partial charge in [0.2, 0.25) is 12.1 Å². The van der Waals surface area contributed by atoms with Crippen LogP contribution < -0.4 is 15.2 Å². The SMILES string of the molecule is C=P(O)(O)Oc1cc(CNC[C@]2(O)C[C@@H](C)O[C@H]3O[C@@H]4[C@@H](O)[C@H](CC)[C@H](O)[C@H](NC)[C@H]4O[C@]32O)ccc1F. The maximum Gasteiger partial charge on any atom is 0.297 e. The van der Waals surface area contributed by atoms with Crippen molar-refractivity contribution in [3.05, 3.63) is 29.6 Å². The summed E-state index contributed by atoms with van der Waals surface area (Å²) in [4.78, 5) is 18.9. The number of ether oxygens (including phenoxy) is 3. The van der Waals surface area contributed by atoms with Gasteiger partial charge in [0.1, 0.15) is 17.8 Å². The Bertz CT molecular complexity index is 1050. The van der Waals surface area contributed by atoms with E-state index in [4.69, 9.17) is 18.7 Å². The molecule has 0 radical (unpaired) electrons. The number of aliphatic hydroxyl groups is 4. The molecule has 0 spiro atoms. The molecular weight excluding hydrogens is 526 g/mol. The highest BCUT2D eigenvalue weighted by Crippen LogP contribution is 2.47. The Morgan fingerprint density at radius 3 is 2.53 bits per heavy atom. The fraction of sp³-hybridized carbons (Fsp3) is 0.708. The highest BCUT2D eigenvalue weighted by molar-refractivity contribution is 7.58. The third-order valence-electron chi connectivity index (χ3n) is 7.61. The van der Waals surface area contributed by atoms with E-state index in [0.717, 1.165) is 6.07 Å². The van der Waals surface area contributed by atoms with Crippen molar-refractivity contribution in [2.75, 3.05) is 13.6 Å². The third-order valence-corrected chi connectivity index (χ3v) is 8.10. The lowest BCUT2D eigenvalue weighted by Crippen LogP contribution is -2.80. The molecule has 2 saturated heterocycles. The number of rotatable bonds is 8. The van der Waals surface area contributed by atoms with E-state index in [1.165, 1.54) is 12.1 Å². The van der Waals surface area contributed by atoms with Gasteiger partial charge in [-0.2, -0.15) is 0 Å². The quantitative estimate of drug-likeness (QED) is 0.184. The summed E-state index contributed by atoms with van der Waals surface area (Å²) in [5, 5.41) is 51.2. The number of benzene rings is 1. The summed E-state index contributed by atoms with van der Waals surface area (Å²) >= 11 is 0. The third kappa shape index (κ3) is 5.53. The van der Waals surface area contributed by atoms with E-state index in [2.05, 4.69) is 16.9 Å². The number of nitrogens with one attached hydrogen (secondary N) is 2. The zero-order valence-electron chi connectivity index (χ0n) is 21.5. The van der Waals surface area contributed by atoms with Gasteiger partial charge in [-0.05, 0) is 44.4 Å². The van der Waals surface area contributed by atoms with Crippen molar-refractivity contribution >= 4 is 13.9 Å². The molecule has 3 aliphatic rings. The fourth-order valence-electron chi connectivity index (χ4n) is 5.75. The Morgan fingerprint density at radius 1 is 1.18 bits per heavy atom. The van der Waals surface area contributed by atoms with Crippen LogP contribution in [0.2, 0.25) is 0 Å². The van der Waals surface area contributed by atoms with Crippen molar-refractivity contribution in [2.45, 2.75) is 87.5 Å². The molecular formula is C24H38FN2O10P. The molecule has 0 amide bonds. The van der Waals surface area contributed by atoms with Gasteiger partial charge >= 0.3 is 0 Å². The summed E-state index contributed by atoms with van der Waals surface area (Å²) in [5.41, 5.74) is -1.44. The van der Waals surface area contributed by atoms with E-state index < -0.39 is 73.5 Å². The summed E-state index contributed by atoms with van der Waals surface area (Å²) in [6.45, 7) is 3.42. The van der Waals surface area contributed by atoms with E-state index >= 15 is 0 Å². The van der Waals surface area contributed by atoms with Crippen LogP contribution in [0.3, 0.4) is 0 Å². The molecule has 0 bridgehead atoms. The number of halogens is 1. The van der Waals surface area contributed by atoms with E-state index in [9.17, 15) is 34.6 Å². The van der Waals surface area contributed by atoms with Gasteiger partial charge < -0.3 is 59.6 Å². The molecule has 38 heavy (non-hydrogen) atoms. The predicted octanol–water partition coefficient (Wildman–Crippen LogP) is -0.838. The monoisotopic (exact) mass is 564 g/mol. The molecule has 12 nitrogen and oxygen atoms in total. The number of hydrogen-bond acceptors (Lipinski definition) is 12. The number of aliphatic hydroxyl groups excluding tert-OH is 2. The molecule has 0 aromatic heterocycles. The molecule has 1 saturated carbocycles. The molecule has 4 rings (SSSR count). The average molecular weight is 565 g/mol. The summed E-state index contributed by atoms with van der Waals surface area (Å²) in [5.74, 6) is -4.04. The topological polar surface area (TPSA) is 182 Å². The maximum atomic E-state index is 14.0. The largest absolute Gasteiger partial charge is 0.429 e. The van der Waals surface area contributed by atoms with Gasteiger partial charge in [-0.15, -0.1) is 0 Å². The van der Waals surface area contributed by atoms with E-state index in [-0.39, 0.29) is 25.3 Å². The molecule has 2 aliphatic heterocycles. The van der Waals surface area contributed by atoms with Crippen molar-refractivity contribution < 1.29 is 53.3 Å². The zero-order valence-corrected chi connectivity index (χ0v) is 22.4. The Labute approximate surface area is 220 Å². The molecule has 216 valence electrons. The zero-order chi connectivity index (χ0) is 28.0. The van der Waals surface area contributed by atoms with Crippen LogP contribution in [0.25, 0.3) is 0 Å². The van der Waals surface area contributed by atoms with Gasteiger partial charge in [-0.25, -0.2) is 4.39 Å². The highest BCUT2D eigenvalue weighted by atomic mass is 31.2. The fourth-order valence-corrected chi connectivity index (χ4v) is 6.21. The molecule has 1 aromatic rings. The van der Waals surface area contributed by atoms with E-state index in [0.29, 0.717) is 12.0 Å². The van der Waals surface area contributed by atoms with Crippen LogP contribution in [0.4, 0.5) is 4.39 Å². The average Bonchev–Trinajstić information content (AvgIpc) is 2.81. The summed E-state index contributed by atoms with van der Waals surface area (Å²) in [7, 11) is -2.36. The van der Waals surface area contributed by atoms with E-state index in [1.54, 1.807) is 14.0 Å². The Balaban J connectivity index is 1.53. The van der Waals surface area contributed by atoms with E-state index in [1.807, 2.05) is 6.92 Å². The van der Waals surface area contributed by atoms with Crippen LogP contribution in [0.5, 0.6) is 5.75 Å². The van der Waals surface area contributed by atoms with Crippen LogP contribution in [0.15, 0.2) is 18.2 Å². The first-order chi connectivity index (χ1) is 17.7. The normalized spacial score (nSPS) is 41.3. The lowest BCUT2D eigenvalue weighted by molar-refractivity contribution is -0.483. The van der Waals surface area contributed by atoms with Gasteiger partial charge in [0.15, 0.2) is 11.6 Å². The molecule has 3 fully saturated rings. The molecule has 2 heterocycles. The van der Waals surface area contributed by atoms with Crippen molar-refractivity contribution in [3.8, 4) is 5.75 Å². The first-order valence-corrected chi connectivity index (χ1v) is 14.4. The van der Waals surface area contributed by atoms with Gasteiger partial charge in [-0.1, -0.05) is 13.0 Å². The second kappa shape index (κ2) is 11.0. The van der Waals surface area contributed by atoms with Crippen molar-refractivity contribution in [1.29, 1.82) is 0 Å². The van der Waals surface area contributed by atoms with Crippen molar-refractivity contribution in [3.63, 3.8) is 0 Å². The molecule has 1 aromatic carbocycles. The second-order valence-corrected chi connectivity index (χ2v) is 11.9. The van der Waals surface area contributed by atoms with Crippen LogP contribution in [-0.4, -0.2) is 104 Å². The summed E-state index contributed by atoms with van der Waals surface area (Å²) < 4.78 is 36.7. The molecule has 10 atom stereocenters. The lowest BCUT2D eigenvalue weighted by atomic mass is 9.74. The summed E-state index contributed by atoms with van der Waals surface area (Å²) in [6, 6.07) is 3.10. The minimum Gasteiger partial charge on any atom is -0.429 e. The van der Waals surface area contributed by atoms with Crippen molar-refractivity contribution in [2.24, 2.45) is 5.92 Å². The van der Waals surface area contributed by atoms with Gasteiger partial charge in [-0.3, -0.25) is 0 Å². The minimum absolute atomic E-state index is 0.0397. The molecule has 0 unspecified atom stereocenters. The second-order valence-electron chi connectivity index (χ2n) is 10.4. The molecule has 8 N–H and O–H groups in total. The highest BCUT2D eigenvalue weighted by Gasteiger charge is 2.68. The number of hydrogen-bond donors (Lipinski definition) is 8. The first-order valence-electron chi connectivity index (χ1n) is 12.6. The maximum absolute atomic E-state index is 14.0. The lowest BCUT2D eigenvalue weighted by Gasteiger charge is -2.60. The van der Waals surface area contributed by atoms with Crippen molar-refractivity contribution in [1.82, 2.24) is 10.6 Å².